The van der Waals surface area contributed by atoms with Crippen LogP contribution in [-0.4, -0.2) is 5.16 Å². The zero-order valence-corrected chi connectivity index (χ0v) is 18.6. The van der Waals surface area contributed by atoms with Gasteiger partial charge in [0.1, 0.15) is 0 Å². The average molecular weight is 420 g/mol. The first-order chi connectivity index (χ1) is 15.2. The van der Waals surface area contributed by atoms with Crippen LogP contribution in [0.15, 0.2) is 77.3 Å². The third-order valence-electron chi connectivity index (χ3n) is 5.65. The van der Waals surface area contributed by atoms with Gasteiger partial charge in [0.2, 0.25) is 0 Å². The minimum atomic E-state index is 0.832. The van der Waals surface area contributed by atoms with Crippen molar-refractivity contribution in [3.05, 3.63) is 94.6 Å². The molecule has 0 bridgehead atoms. The van der Waals surface area contributed by atoms with E-state index in [2.05, 4.69) is 102 Å². The van der Waals surface area contributed by atoms with E-state index in [0.29, 0.717) is 0 Å². The summed E-state index contributed by atoms with van der Waals surface area (Å²) in [6.45, 7) is 2.23. The molecule has 0 aliphatic heterocycles. The Morgan fingerprint density at radius 2 is 1.65 bits per heavy atom. The number of isothiocyanates is 1. The van der Waals surface area contributed by atoms with Crippen LogP contribution in [0.4, 0.5) is 5.69 Å². The van der Waals surface area contributed by atoms with E-state index in [0.717, 1.165) is 30.5 Å². The number of rotatable bonds is 5. The first kappa shape index (κ1) is 21.0. The largest absolute Gasteiger partial charge is 0.195 e. The van der Waals surface area contributed by atoms with Crippen molar-refractivity contribution in [1.82, 2.24) is 0 Å². The molecule has 1 aliphatic rings. The summed E-state index contributed by atoms with van der Waals surface area (Å²) in [6.07, 6.45) is 7.87. The van der Waals surface area contributed by atoms with Gasteiger partial charge in [-0.05, 0) is 96.1 Å². The maximum atomic E-state index is 4.67. The van der Waals surface area contributed by atoms with Gasteiger partial charge in [-0.2, -0.15) is 4.99 Å². The molecule has 152 valence electrons. The number of hydrogen-bond donors (Lipinski definition) is 0. The zero-order valence-electron chi connectivity index (χ0n) is 17.8. The lowest BCUT2D eigenvalue weighted by Gasteiger charge is -2.15. The van der Waals surface area contributed by atoms with E-state index in [4.69, 9.17) is 0 Å². The maximum absolute atomic E-state index is 4.67. The minimum Gasteiger partial charge on any atom is -0.195 e. The topological polar surface area (TPSA) is 12.4 Å². The highest BCUT2D eigenvalue weighted by atomic mass is 32.1. The zero-order chi connectivity index (χ0) is 21.5. The van der Waals surface area contributed by atoms with Gasteiger partial charge in [-0.3, -0.25) is 0 Å². The van der Waals surface area contributed by atoms with Crippen molar-refractivity contribution in [1.29, 1.82) is 0 Å². The van der Waals surface area contributed by atoms with Crippen LogP contribution < -0.4 is 0 Å². The number of hydrogen-bond acceptors (Lipinski definition) is 2. The van der Waals surface area contributed by atoms with Crippen LogP contribution in [0.1, 0.15) is 48.4 Å². The molecule has 0 unspecified atom stereocenters. The van der Waals surface area contributed by atoms with Crippen molar-refractivity contribution < 1.29 is 0 Å². The maximum Gasteiger partial charge on any atom is 0.0739 e. The third kappa shape index (κ3) is 5.47. The monoisotopic (exact) mass is 419 g/mol. The molecule has 0 radical (unpaired) electrons. The molecule has 0 heterocycles. The SMILES string of the molecule is CCCCc1ccc(C#CC2=Cc3ccc(-c4ccc(N=C=S)cc4)cc3CC2)cc1. The summed E-state index contributed by atoms with van der Waals surface area (Å²) in [5.41, 5.74) is 9.58. The number of nitrogens with zero attached hydrogens (tertiary/aromatic N) is 1. The Labute approximate surface area is 190 Å². The molecule has 31 heavy (non-hydrogen) atoms. The molecule has 0 spiro atoms. The van der Waals surface area contributed by atoms with E-state index >= 15 is 0 Å². The number of allylic oxidation sites excluding steroid dienone is 1. The van der Waals surface area contributed by atoms with Gasteiger partial charge in [0, 0.05) is 11.1 Å². The normalized spacial score (nSPS) is 12.1. The standard InChI is InChI=1S/C29H25NS/c1-2-3-4-22-5-7-23(8-6-22)9-10-24-11-12-28-20-27(14-13-26(28)19-24)25-15-17-29(18-16-25)30-21-31/h5-8,13-20H,2-4,11-12H2,1H3. The smallest absolute Gasteiger partial charge is 0.0739 e. The Kier molecular flexibility index (Phi) is 6.90. The van der Waals surface area contributed by atoms with Crippen molar-refractivity contribution >= 4 is 29.1 Å². The second-order valence-electron chi connectivity index (χ2n) is 7.88. The van der Waals surface area contributed by atoms with E-state index in [1.807, 2.05) is 12.1 Å². The summed E-state index contributed by atoms with van der Waals surface area (Å²) in [4.78, 5) is 4.02. The van der Waals surface area contributed by atoms with Crippen molar-refractivity contribution in [2.45, 2.75) is 39.0 Å². The first-order valence-corrected chi connectivity index (χ1v) is 11.3. The molecule has 0 atom stereocenters. The second kappa shape index (κ2) is 10.2. The summed E-state index contributed by atoms with van der Waals surface area (Å²) in [5.74, 6) is 6.73. The second-order valence-corrected chi connectivity index (χ2v) is 8.07. The number of aliphatic imine (C=N–C) groups is 1. The highest BCUT2D eigenvalue weighted by Crippen LogP contribution is 2.29. The minimum absolute atomic E-state index is 0.832. The highest BCUT2D eigenvalue weighted by Gasteiger charge is 2.10. The van der Waals surface area contributed by atoms with Crippen LogP contribution >= 0.6 is 12.2 Å². The number of benzene rings is 3. The Balaban J connectivity index is 1.49. The van der Waals surface area contributed by atoms with Crippen LogP contribution in [0.25, 0.3) is 17.2 Å². The fourth-order valence-corrected chi connectivity index (χ4v) is 3.95. The van der Waals surface area contributed by atoms with Gasteiger partial charge in [-0.1, -0.05) is 67.6 Å². The van der Waals surface area contributed by atoms with Crippen LogP contribution in [0.3, 0.4) is 0 Å². The van der Waals surface area contributed by atoms with Crippen LogP contribution in [0.2, 0.25) is 0 Å². The van der Waals surface area contributed by atoms with Crippen molar-refractivity contribution in [2.24, 2.45) is 4.99 Å². The van der Waals surface area contributed by atoms with Gasteiger partial charge in [0.25, 0.3) is 0 Å². The fourth-order valence-electron chi connectivity index (χ4n) is 3.84. The molecule has 4 rings (SSSR count). The summed E-state index contributed by atoms with van der Waals surface area (Å²) in [5, 5.41) is 2.41. The van der Waals surface area contributed by atoms with Gasteiger partial charge in [0.05, 0.1) is 10.8 Å². The van der Waals surface area contributed by atoms with E-state index < -0.39 is 0 Å². The molecular weight excluding hydrogens is 394 g/mol. The molecule has 0 saturated carbocycles. The number of unbranched alkanes of at least 4 members (excludes halogenated alkanes) is 1. The molecule has 0 saturated heterocycles. The number of aryl methyl sites for hydroxylation is 2. The summed E-state index contributed by atoms with van der Waals surface area (Å²) in [7, 11) is 0. The van der Waals surface area contributed by atoms with Crippen LogP contribution in [0.5, 0.6) is 0 Å². The van der Waals surface area contributed by atoms with Gasteiger partial charge in [-0.15, -0.1) is 0 Å². The van der Waals surface area contributed by atoms with Crippen LogP contribution in [0, 0.1) is 11.8 Å². The lowest BCUT2D eigenvalue weighted by molar-refractivity contribution is 0.795. The number of thiocarbonyl (C=S) groups is 1. The summed E-state index contributed by atoms with van der Waals surface area (Å²) < 4.78 is 0. The summed E-state index contributed by atoms with van der Waals surface area (Å²) >= 11 is 4.67. The molecule has 1 aliphatic carbocycles. The molecule has 0 amide bonds. The third-order valence-corrected chi connectivity index (χ3v) is 5.74. The molecule has 3 aromatic carbocycles. The Bertz CT molecular complexity index is 1200. The molecule has 0 fully saturated rings. The Morgan fingerprint density at radius 1 is 0.871 bits per heavy atom. The van der Waals surface area contributed by atoms with Gasteiger partial charge in [-0.25, -0.2) is 0 Å². The average Bonchev–Trinajstić information content (AvgIpc) is 2.82. The quantitative estimate of drug-likeness (QED) is 0.233. The highest BCUT2D eigenvalue weighted by molar-refractivity contribution is 7.78. The van der Waals surface area contributed by atoms with E-state index in [-0.39, 0.29) is 0 Å². The van der Waals surface area contributed by atoms with Gasteiger partial charge >= 0.3 is 0 Å². The first-order valence-electron chi connectivity index (χ1n) is 10.9. The lowest BCUT2D eigenvalue weighted by Crippen LogP contribution is -1.98. The van der Waals surface area contributed by atoms with E-state index in [1.54, 1.807) is 0 Å². The van der Waals surface area contributed by atoms with E-state index in [9.17, 15) is 0 Å². The molecule has 3 aromatic rings. The molecule has 0 N–H and O–H groups in total. The summed E-state index contributed by atoms with van der Waals surface area (Å²) in [6, 6.07) is 23.5. The molecule has 2 heteroatoms. The van der Waals surface area contributed by atoms with Crippen LogP contribution in [-0.2, 0) is 12.8 Å². The van der Waals surface area contributed by atoms with Crippen molar-refractivity contribution in [2.75, 3.05) is 0 Å². The molecular formula is C29H25NS. The Morgan fingerprint density at radius 3 is 2.39 bits per heavy atom. The lowest BCUT2D eigenvalue weighted by atomic mass is 9.89. The Hall–Kier alpha value is -3.24. The predicted molar refractivity (Wildman–Crippen MR) is 135 cm³/mol. The van der Waals surface area contributed by atoms with Gasteiger partial charge in [0.15, 0.2) is 0 Å². The van der Waals surface area contributed by atoms with E-state index in [1.165, 1.54) is 46.2 Å². The van der Waals surface area contributed by atoms with Crippen molar-refractivity contribution in [3.8, 4) is 23.0 Å². The number of fused-ring (bicyclic) bond motifs is 1. The van der Waals surface area contributed by atoms with Crippen molar-refractivity contribution in [3.63, 3.8) is 0 Å². The molecule has 1 nitrogen and oxygen atoms in total. The van der Waals surface area contributed by atoms with Gasteiger partial charge < -0.3 is 0 Å². The fraction of sp³-hybridized carbons (Fsp3) is 0.207. The molecule has 0 aromatic heterocycles. The predicted octanol–water partition coefficient (Wildman–Crippen LogP) is 7.81.